The number of methoxy groups -OCH3 is 1. The summed E-state index contributed by atoms with van der Waals surface area (Å²) < 4.78 is 4.78. The lowest BCUT2D eigenvalue weighted by molar-refractivity contribution is -0.144. The summed E-state index contributed by atoms with van der Waals surface area (Å²) in [5.41, 5.74) is 2.30. The number of nitrogens with zero attached hydrogens (tertiary/aromatic N) is 2. The van der Waals surface area contributed by atoms with Crippen molar-refractivity contribution in [2.75, 3.05) is 20.2 Å². The maximum absolute atomic E-state index is 11.4. The zero-order valence-electron chi connectivity index (χ0n) is 10.3. The van der Waals surface area contributed by atoms with E-state index in [1.54, 1.807) is 0 Å². The highest BCUT2D eigenvalue weighted by Gasteiger charge is 2.29. The Morgan fingerprint density at radius 1 is 1.65 bits per heavy atom. The van der Waals surface area contributed by atoms with Crippen molar-refractivity contribution in [1.29, 1.82) is 0 Å². The molecule has 0 saturated carbocycles. The summed E-state index contributed by atoms with van der Waals surface area (Å²) in [6, 6.07) is 4.01. The second-order valence-corrected chi connectivity index (χ2v) is 4.51. The number of pyridine rings is 1. The number of hydrogen-bond donors (Lipinski definition) is 0. The van der Waals surface area contributed by atoms with E-state index in [1.165, 1.54) is 12.7 Å². The van der Waals surface area contributed by atoms with Gasteiger partial charge in [0.1, 0.15) is 0 Å². The fraction of sp³-hybridized carbons (Fsp3) is 0.538. The predicted octanol–water partition coefficient (Wildman–Crippen LogP) is 1.38. The summed E-state index contributed by atoms with van der Waals surface area (Å²) in [6.07, 6.45) is 2.70. The molecule has 0 amide bonds. The molecule has 0 aromatic carbocycles. The Hall–Kier alpha value is -1.42. The van der Waals surface area contributed by atoms with E-state index in [1.807, 2.05) is 12.3 Å². The summed E-state index contributed by atoms with van der Waals surface area (Å²) in [5.74, 6) is -0.0609. The lowest BCUT2D eigenvalue weighted by atomic mass is 10.1. The van der Waals surface area contributed by atoms with Crippen LogP contribution in [0.15, 0.2) is 18.3 Å². The largest absolute Gasteiger partial charge is 0.469 e. The molecule has 1 aliphatic rings. The fourth-order valence-corrected chi connectivity index (χ4v) is 2.23. The third-order valence-corrected chi connectivity index (χ3v) is 3.30. The average molecular weight is 234 g/mol. The molecule has 17 heavy (non-hydrogen) atoms. The van der Waals surface area contributed by atoms with E-state index in [9.17, 15) is 4.79 Å². The minimum Gasteiger partial charge on any atom is -0.469 e. The van der Waals surface area contributed by atoms with Crippen LogP contribution >= 0.6 is 0 Å². The van der Waals surface area contributed by atoms with E-state index in [0.29, 0.717) is 0 Å². The fourth-order valence-electron chi connectivity index (χ4n) is 2.23. The molecule has 2 heterocycles. The number of carbonyl (C=O) groups excluding carboxylic acids is 1. The molecule has 92 valence electrons. The second-order valence-electron chi connectivity index (χ2n) is 4.51. The third kappa shape index (κ3) is 2.82. The molecule has 0 radical (unpaired) electrons. The molecule has 1 unspecified atom stereocenters. The topological polar surface area (TPSA) is 42.4 Å². The zero-order chi connectivity index (χ0) is 12.3. The zero-order valence-corrected chi connectivity index (χ0v) is 10.3. The number of hydrogen-bond acceptors (Lipinski definition) is 4. The van der Waals surface area contributed by atoms with E-state index in [-0.39, 0.29) is 11.9 Å². The molecule has 1 aliphatic heterocycles. The van der Waals surface area contributed by atoms with E-state index < -0.39 is 0 Å². The minimum absolute atomic E-state index is 0.0315. The molecule has 2 rings (SSSR count). The normalized spacial score (nSPS) is 20.5. The van der Waals surface area contributed by atoms with E-state index in [4.69, 9.17) is 4.74 Å². The molecular weight excluding hydrogens is 216 g/mol. The van der Waals surface area contributed by atoms with Gasteiger partial charge in [0.15, 0.2) is 0 Å². The molecule has 1 aromatic rings. The lowest BCUT2D eigenvalue weighted by Crippen LogP contribution is -2.24. The van der Waals surface area contributed by atoms with Gasteiger partial charge in [-0.15, -0.1) is 0 Å². The standard InChI is InChI=1S/C13H18N2O2/c1-10-4-3-6-14-12(10)9-15-7-5-11(8-15)13(16)17-2/h3-4,6,11H,5,7-9H2,1-2H3. The number of carbonyl (C=O) groups is 1. The van der Waals surface area contributed by atoms with Crippen LogP contribution in [0.4, 0.5) is 0 Å². The highest BCUT2D eigenvalue weighted by molar-refractivity contribution is 5.72. The SMILES string of the molecule is COC(=O)C1CCN(Cc2ncccc2C)C1. The monoisotopic (exact) mass is 234 g/mol. The number of aryl methyl sites for hydroxylation is 1. The molecular formula is C13H18N2O2. The Balaban J connectivity index is 1.94. The summed E-state index contributed by atoms with van der Waals surface area (Å²) in [5, 5.41) is 0. The van der Waals surface area contributed by atoms with Gasteiger partial charge in [0.2, 0.25) is 0 Å². The lowest BCUT2D eigenvalue weighted by Gasteiger charge is -2.16. The highest BCUT2D eigenvalue weighted by atomic mass is 16.5. The predicted molar refractivity (Wildman–Crippen MR) is 64.4 cm³/mol. The maximum atomic E-state index is 11.4. The van der Waals surface area contributed by atoms with Gasteiger partial charge in [-0.05, 0) is 31.5 Å². The molecule has 0 N–H and O–H groups in total. The van der Waals surface area contributed by atoms with Gasteiger partial charge >= 0.3 is 5.97 Å². The molecule has 0 spiro atoms. The van der Waals surface area contributed by atoms with Crippen molar-refractivity contribution in [1.82, 2.24) is 9.88 Å². The van der Waals surface area contributed by atoms with Crippen LogP contribution in [0.25, 0.3) is 0 Å². The number of rotatable bonds is 3. The van der Waals surface area contributed by atoms with Crippen molar-refractivity contribution in [3.63, 3.8) is 0 Å². The molecule has 0 aliphatic carbocycles. The Labute approximate surface area is 102 Å². The van der Waals surface area contributed by atoms with Crippen LogP contribution in [-0.2, 0) is 16.1 Å². The second kappa shape index (κ2) is 5.27. The van der Waals surface area contributed by atoms with Crippen molar-refractivity contribution in [2.45, 2.75) is 19.9 Å². The molecule has 1 aromatic heterocycles. The van der Waals surface area contributed by atoms with Crippen molar-refractivity contribution in [3.8, 4) is 0 Å². The van der Waals surface area contributed by atoms with Crippen LogP contribution in [0.5, 0.6) is 0 Å². The first-order chi connectivity index (χ1) is 8.20. The summed E-state index contributed by atoms with van der Waals surface area (Å²) in [4.78, 5) is 18.0. The van der Waals surface area contributed by atoms with Crippen LogP contribution in [0.2, 0.25) is 0 Å². The average Bonchev–Trinajstić information content (AvgIpc) is 2.80. The van der Waals surface area contributed by atoms with Crippen LogP contribution in [-0.4, -0.2) is 36.1 Å². The molecule has 4 heteroatoms. The Kier molecular flexibility index (Phi) is 3.74. The number of likely N-dealkylation sites (tertiary alicyclic amines) is 1. The van der Waals surface area contributed by atoms with Gasteiger partial charge in [0, 0.05) is 19.3 Å². The van der Waals surface area contributed by atoms with Crippen LogP contribution in [0.1, 0.15) is 17.7 Å². The Morgan fingerprint density at radius 2 is 2.47 bits per heavy atom. The minimum atomic E-state index is -0.0924. The van der Waals surface area contributed by atoms with Crippen molar-refractivity contribution < 1.29 is 9.53 Å². The Bertz CT molecular complexity index is 406. The number of aromatic nitrogens is 1. The van der Waals surface area contributed by atoms with E-state index >= 15 is 0 Å². The molecule has 1 fully saturated rings. The van der Waals surface area contributed by atoms with Gasteiger partial charge in [-0.2, -0.15) is 0 Å². The van der Waals surface area contributed by atoms with Crippen molar-refractivity contribution >= 4 is 5.97 Å². The highest BCUT2D eigenvalue weighted by Crippen LogP contribution is 2.19. The first kappa shape index (κ1) is 12.0. The summed E-state index contributed by atoms with van der Waals surface area (Å²) >= 11 is 0. The smallest absolute Gasteiger partial charge is 0.310 e. The van der Waals surface area contributed by atoms with Gasteiger partial charge in [-0.1, -0.05) is 6.07 Å². The first-order valence-electron chi connectivity index (χ1n) is 5.91. The maximum Gasteiger partial charge on any atom is 0.310 e. The van der Waals surface area contributed by atoms with Crippen LogP contribution in [0.3, 0.4) is 0 Å². The van der Waals surface area contributed by atoms with Gasteiger partial charge in [0.25, 0.3) is 0 Å². The van der Waals surface area contributed by atoms with Crippen LogP contribution < -0.4 is 0 Å². The van der Waals surface area contributed by atoms with E-state index in [0.717, 1.165) is 31.7 Å². The Morgan fingerprint density at radius 3 is 3.18 bits per heavy atom. The van der Waals surface area contributed by atoms with E-state index in [2.05, 4.69) is 22.9 Å². The molecule has 1 saturated heterocycles. The summed E-state index contributed by atoms with van der Waals surface area (Å²) in [6.45, 7) is 4.61. The van der Waals surface area contributed by atoms with Gasteiger partial charge in [0.05, 0.1) is 18.7 Å². The quantitative estimate of drug-likeness (QED) is 0.741. The first-order valence-corrected chi connectivity index (χ1v) is 5.91. The molecule has 0 bridgehead atoms. The van der Waals surface area contributed by atoms with Gasteiger partial charge in [-0.3, -0.25) is 14.7 Å². The van der Waals surface area contributed by atoms with Gasteiger partial charge in [-0.25, -0.2) is 0 Å². The molecule has 1 atom stereocenters. The number of esters is 1. The molecule has 4 nitrogen and oxygen atoms in total. The van der Waals surface area contributed by atoms with Crippen LogP contribution in [0, 0.1) is 12.8 Å². The third-order valence-electron chi connectivity index (χ3n) is 3.30. The van der Waals surface area contributed by atoms with Gasteiger partial charge < -0.3 is 4.74 Å². The van der Waals surface area contributed by atoms with Crippen molar-refractivity contribution in [3.05, 3.63) is 29.6 Å². The summed E-state index contributed by atoms with van der Waals surface area (Å²) in [7, 11) is 1.45. The van der Waals surface area contributed by atoms with Crippen molar-refractivity contribution in [2.24, 2.45) is 5.92 Å². The number of ether oxygens (including phenoxy) is 1.